The highest BCUT2D eigenvalue weighted by molar-refractivity contribution is 5.17. The molecule has 0 amide bonds. The Morgan fingerprint density at radius 2 is 2.00 bits per heavy atom. The van der Waals surface area contributed by atoms with Gasteiger partial charge in [-0.25, -0.2) is 0 Å². The molecule has 1 N–H and O–H groups in total. The van der Waals surface area contributed by atoms with Crippen molar-refractivity contribution in [3.63, 3.8) is 0 Å². The van der Waals surface area contributed by atoms with Crippen LogP contribution in [0, 0.1) is 0 Å². The van der Waals surface area contributed by atoms with E-state index in [1.165, 1.54) is 0 Å². The molecule has 0 unspecified atom stereocenters. The van der Waals surface area contributed by atoms with Crippen molar-refractivity contribution >= 4 is 0 Å². The van der Waals surface area contributed by atoms with Crippen LogP contribution in [-0.2, 0) is 4.74 Å². The lowest BCUT2D eigenvalue weighted by atomic mass is 10.1. The smallest absolute Gasteiger partial charge is 0.105 e. The zero-order valence-electron chi connectivity index (χ0n) is 6.53. The summed E-state index contributed by atoms with van der Waals surface area (Å²) in [7, 11) is 1.59. The average molecular weight is 152 g/mol. The van der Waals surface area contributed by atoms with Crippen molar-refractivity contribution in [1.29, 1.82) is 0 Å². The van der Waals surface area contributed by atoms with Crippen LogP contribution in [0.25, 0.3) is 0 Å². The van der Waals surface area contributed by atoms with Gasteiger partial charge in [0.2, 0.25) is 0 Å². The summed E-state index contributed by atoms with van der Waals surface area (Å²) < 4.78 is 5.04. The lowest BCUT2D eigenvalue weighted by Gasteiger charge is -2.11. The van der Waals surface area contributed by atoms with Crippen molar-refractivity contribution < 1.29 is 9.84 Å². The van der Waals surface area contributed by atoms with Gasteiger partial charge < -0.3 is 9.84 Å². The van der Waals surface area contributed by atoms with Crippen LogP contribution in [0.5, 0.6) is 0 Å². The quantitative estimate of drug-likeness (QED) is 0.708. The highest BCUT2D eigenvalue weighted by atomic mass is 16.5. The molecule has 0 saturated carbocycles. The second kappa shape index (κ2) is 4.11. The highest BCUT2D eigenvalue weighted by Crippen LogP contribution is 2.14. The van der Waals surface area contributed by atoms with Gasteiger partial charge in [-0.3, -0.25) is 0 Å². The van der Waals surface area contributed by atoms with E-state index in [-0.39, 0.29) is 12.7 Å². The Hall–Kier alpha value is -0.860. The van der Waals surface area contributed by atoms with E-state index in [1.54, 1.807) is 7.11 Å². The number of aliphatic hydroxyl groups is 1. The van der Waals surface area contributed by atoms with Gasteiger partial charge in [-0.2, -0.15) is 0 Å². The monoisotopic (exact) mass is 152 g/mol. The maximum Gasteiger partial charge on any atom is 0.105 e. The first-order valence-corrected chi connectivity index (χ1v) is 3.57. The molecule has 0 bridgehead atoms. The third-order valence-corrected chi connectivity index (χ3v) is 1.62. The molecular formula is C9H12O2. The lowest BCUT2D eigenvalue weighted by molar-refractivity contribution is 0.0484. The predicted molar refractivity (Wildman–Crippen MR) is 43.3 cm³/mol. The van der Waals surface area contributed by atoms with Crippen molar-refractivity contribution in [2.24, 2.45) is 0 Å². The molecule has 1 aromatic carbocycles. The fraction of sp³-hybridized carbons (Fsp3) is 0.333. The van der Waals surface area contributed by atoms with Crippen molar-refractivity contribution in [1.82, 2.24) is 0 Å². The molecule has 0 spiro atoms. The summed E-state index contributed by atoms with van der Waals surface area (Å²) >= 11 is 0. The molecule has 0 aliphatic rings. The van der Waals surface area contributed by atoms with E-state index < -0.39 is 0 Å². The first-order valence-electron chi connectivity index (χ1n) is 3.57. The molecule has 2 nitrogen and oxygen atoms in total. The summed E-state index contributed by atoms with van der Waals surface area (Å²) in [5.74, 6) is 0. The van der Waals surface area contributed by atoms with Gasteiger partial charge in [-0.05, 0) is 5.56 Å². The van der Waals surface area contributed by atoms with E-state index in [0.29, 0.717) is 0 Å². The van der Waals surface area contributed by atoms with Crippen LogP contribution in [0.4, 0.5) is 0 Å². The van der Waals surface area contributed by atoms with Crippen LogP contribution < -0.4 is 0 Å². The van der Waals surface area contributed by atoms with Crippen LogP contribution in [0.15, 0.2) is 30.3 Å². The number of rotatable bonds is 3. The summed E-state index contributed by atoms with van der Waals surface area (Å²) in [6.45, 7) is 0.0283. The van der Waals surface area contributed by atoms with Crippen molar-refractivity contribution in [3.05, 3.63) is 35.9 Å². The number of benzene rings is 1. The first-order chi connectivity index (χ1) is 5.38. The maximum atomic E-state index is 8.85. The second-order valence-corrected chi connectivity index (χ2v) is 2.32. The number of hydrogen-bond donors (Lipinski definition) is 1. The molecule has 0 saturated heterocycles. The van der Waals surface area contributed by atoms with Crippen molar-refractivity contribution in [2.75, 3.05) is 13.7 Å². The van der Waals surface area contributed by atoms with Gasteiger partial charge in [0, 0.05) is 7.11 Å². The minimum Gasteiger partial charge on any atom is -0.393 e. The summed E-state index contributed by atoms with van der Waals surface area (Å²) in [5, 5.41) is 8.85. The largest absolute Gasteiger partial charge is 0.393 e. The zero-order chi connectivity index (χ0) is 8.10. The summed E-state index contributed by atoms with van der Waals surface area (Å²) in [6, 6.07) is 9.66. The Kier molecular flexibility index (Phi) is 3.08. The Balaban J connectivity index is 2.74. The third-order valence-electron chi connectivity index (χ3n) is 1.62. The van der Waals surface area contributed by atoms with Crippen molar-refractivity contribution in [2.45, 2.75) is 6.10 Å². The van der Waals surface area contributed by atoms with E-state index in [1.807, 2.05) is 30.3 Å². The molecule has 0 aliphatic carbocycles. The van der Waals surface area contributed by atoms with E-state index in [0.717, 1.165) is 5.56 Å². The molecule has 0 heterocycles. The normalized spacial score (nSPS) is 12.9. The van der Waals surface area contributed by atoms with Crippen LogP contribution in [0.1, 0.15) is 11.7 Å². The molecular weight excluding hydrogens is 140 g/mol. The van der Waals surface area contributed by atoms with E-state index in [9.17, 15) is 0 Å². The average Bonchev–Trinajstić information content (AvgIpc) is 2.09. The predicted octanol–water partition coefficient (Wildman–Crippen LogP) is 1.37. The summed E-state index contributed by atoms with van der Waals surface area (Å²) in [6.07, 6.45) is -0.184. The van der Waals surface area contributed by atoms with Crippen LogP contribution in [0.2, 0.25) is 0 Å². The highest BCUT2D eigenvalue weighted by Gasteiger charge is 2.06. The summed E-state index contributed by atoms with van der Waals surface area (Å²) in [4.78, 5) is 0. The third kappa shape index (κ3) is 2.03. The maximum absolute atomic E-state index is 8.85. The van der Waals surface area contributed by atoms with Gasteiger partial charge in [-0.15, -0.1) is 0 Å². The fourth-order valence-corrected chi connectivity index (χ4v) is 0.984. The Bertz CT molecular complexity index is 192. The number of aliphatic hydroxyl groups excluding tert-OH is 1. The van der Waals surface area contributed by atoms with Gasteiger partial charge in [-0.1, -0.05) is 30.3 Å². The molecule has 11 heavy (non-hydrogen) atoms. The minimum atomic E-state index is -0.184. The first kappa shape index (κ1) is 8.24. The van der Waals surface area contributed by atoms with Gasteiger partial charge in [0.1, 0.15) is 6.10 Å². The Labute approximate surface area is 66.4 Å². The van der Waals surface area contributed by atoms with E-state index in [2.05, 4.69) is 0 Å². The SMILES string of the molecule is CO[C@@H](CO)c1ccccc1. The fourth-order valence-electron chi connectivity index (χ4n) is 0.984. The zero-order valence-corrected chi connectivity index (χ0v) is 6.53. The molecule has 0 radical (unpaired) electrons. The molecule has 60 valence electrons. The van der Waals surface area contributed by atoms with Crippen LogP contribution in [-0.4, -0.2) is 18.8 Å². The molecule has 0 fully saturated rings. The van der Waals surface area contributed by atoms with Gasteiger partial charge in [0.05, 0.1) is 6.61 Å². The van der Waals surface area contributed by atoms with Crippen LogP contribution >= 0.6 is 0 Å². The Morgan fingerprint density at radius 1 is 1.36 bits per heavy atom. The second-order valence-electron chi connectivity index (χ2n) is 2.32. The minimum absolute atomic E-state index is 0.0283. The number of methoxy groups -OCH3 is 1. The van der Waals surface area contributed by atoms with E-state index >= 15 is 0 Å². The topological polar surface area (TPSA) is 29.5 Å². The van der Waals surface area contributed by atoms with E-state index in [4.69, 9.17) is 9.84 Å². The molecule has 0 aromatic heterocycles. The molecule has 0 aliphatic heterocycles. The van der Waals surface area contributed by atoms with Crippen molar-refractivity contribution in [3.8, 4) is 0 Å². The Morgan fingerprint density at radius 3 is 2.45 bits per heavy atom. The lowest BCUT2D eigenvalue weighted by Crippen LogP contribution is -2.05. The number of hydrogen-bond acceptors (Lipinski definition) is 2. The standard InChI is InChI=1S/C9H12O2/c1-11-9(7-10)8-5-3-2-4-6-8/h2-6,9-10H,7H2,1H3/t9-/m0/s1. The number of ether oxygens (including phenoxy) is 1. The molecule has 1 aromatic rings. The molecule has 1 atom stereocenters. The van der Waals surface area contributed by atoms with Crippen LogP contribution in [0.3, 0.4) is 0 Å². The summed E-state index contributed by atoms with van der Waals surface area (Å²) in [5.41, 5.74) is 1.01. The molecule has 1 rings (SSSR count). The van der Waals surface area contributed by atoms with Gasteiger partial charge in [0.25, 0.3) is 0 Å². The van der Waals surface area contributed by atoms with Gasteiger partial charge in [0.15, 0.2) is 0 Å². The van der Waals surface area contributed by atoms with Gasteiger partial charge >= 0.3 is 0 Å². The molecule has 2 heteroatoms.